The van der Waals surface area contributed by atoms with Crippen molar-refractivity contribution in [3.05, 3.63) is 200 Å². The van der Waals surface area contributed by atoms with Gasteiger partial charge in [-0.05, 0) is 73.5 Å². The predicted octanol–water partition coefficient (Wildman–Crippen LogP) is 4.58. The number of aromatic nitrogens is 6. The second-order valence-electron chi connectivity index (χ2n) is 18.6. The average Bonchev–Trinajstić information content (AvgIpc) is 4.14. The molecule has 18 heteroatoms. The first-order valence-electron chi connectivity index (χ1n) is 24.0. The zero-order valence-electron chi connectivity index (χ0n) is 39.8. The molecule has 2 aromatic carbocycles. The van der Waals surface area contributed by atoms with E-state index in [1.165, 1.54) is 36.9 Å². The van der Waals surface area contributed by atoms with Gasteiger partial charge in [0.05, 0.1) is 24.2 Å². The molecule has 2 fully saturated rings. The molecule has 6 aromatic rings. The molecule has 4 aliphatic heterocycles. The van der Waals surface area contributed by atoms with Crippen LogP contribution in [0.5, 0.6) is 0 Å². The van der Waals surface area contributed by atoms with Gasteiger partial charge >= 0.3 is 0 Å². The summed E-state index contributed by atoms with van der Waals surface area (Å²) in [7, 11) is 0. The largest absolute Gasteiger partial charge is 0.396 e. The van der Waals surface area contributed by atoms with Crippen LogP contribution in [0.3, 0.4) is 0 Å². The molecular weight excluding hydrogens is 923 g/mol. The molecule has 0 spiro atoms. The highest BCUT2D eigenvalue weighted by molar-refractivity contribution is 5.83. The molecule has 0 saturated carbocycles. The van der Waals surface area contributed by atoms with Crippen molar-refractivity contribution in [2.45, 2.75) is 77.3 Å². The zero-order chi connectivity index (χ0) is 50.5. The molecule has 2 saturated heterocycles. The summed E-state index contributed by atoms with van der Waals surface area (Å²) in [6.45, 7) is 5.47. The van der Waals surface area contributed by atoms with Crippen LogP contribution in [0.4, 0.5) is 8.78 Å². The van der Waals surface area contributed by atoms with E-state index < -0.39 is 12.1 Å². The van der Waals surface area contributed by atoms with Gasteiger partial charge in [-0.25, -0.2) is 28.7 Å². The summed E-state index contributed by atoms with van der Waals surface area (Å²) in [6.07, 6.45) is 17.0. The first kappa shape index (κ1) is 49.6. The van der Waals surface area contributed by atoms with Crippen LogP contribution in [0.15, 0.2) is 132 Å². The molecule has 372 valence electrons. The number of carbonyl (C=O) groups excluding carboxylic acids is 2. The Bertz CT molecular complexity index is 2860. The number of halogens is 2. The monoisotopic (exact) mass is 978 g/mol. The van der Waals surface area contributed by atoms with Gasteiger partial charge in [0.2, 0.25) is 11.8 Å². The number of hydrogen-bond donors (Lipinski definition) is 4. The number of nitrogens with zero attached hydrogens (tertiary/aromatic N) is 8. The number of fused-ring (bicyclic) bond motifs is 6. The summed E-state index contributed by atoms with van der Waals surface area (Å²) in [5.74, 6) is -2.10. The van der Waals surface area contributed by atoms with Gasteiger partial charge in [-0.2, -0.15) is 0 Å². The van der Waals surface area contributed by atoms with Crippen LogP contribution in [0.1, 0.15) is 70.7 Å². The number of aliphatic hydroxyl groups excluding tert-OH is 2. The molecule has 4 N–H and O–H groups in total. The summed E-state index contributed by atoms with van der Waals surface area (Å²) in [6, 6.07) is 17.8. The van der Waals surface area contributed by atoms with E-state index in [-0.39, 0.29) is 96.6 Å². The van der Waals surface area contributed by atoms with Crippen LogP contribution < -0.4 is 21.8 Å². The van der Waals surface area contributed by atoms with Gasteiger partial charge < -0.3 is 30.0 Å². The Morgan fingerprint density at radius 3 is 1.31 bits per heavy atom. The first-order valence-corrected chi connectivity index (χ1v) is 24.0. The van der Waals surface area contributed by atoms with Crippen LogP contribution in [0.2, 0.25) is 0 Å². The smallest absolute Gasteiger partial charge is 0.258 e. The van der Waals surface area contributed by atoms with Gasteiger partial charge in [0.25, 0.3) is 11.1 Å². The Labute approximate surface area is 414 Å². The van der Waals surface area contributed by atoms with Gasteiger partial charge in [0, 0.05) is 135 Å². The Kier molecular flexibility index (Phi) is 15.1. The van der Waals surface area contributed by atoms with Crippen LogP contribution in [0, 0.1) is 35.3 Å². The summed E-state index contributed by atoms with van der Waals surface area (Å²) in [5.41, 5.74) is 5.96. The van der Waals surface area contributed by atoms with Crippen LogP contribution in [-0.2, 0) is 48.9 Å². The number of nitrogens with one attached hydrogen (secondary N) is 2. The van der Waals surface area contributed by atoms with Crippen molar-refractivity contribution in [3.63, 3.8) is 0 Å². The number of aliphatic hydroxyl groups is 2. The molecule has 10 rings (SSSR count). The van der Waals surface area contributed by atoms with E-state index in [0.29, 0.717) is 37.3 Å². The van der Waals surface area contributed by atoms with Crippen LogP contribution in [-0.4, -0.2) is 86.2 Å². The van der Waals surface area contributed by atoms with Crippen molar-refractivity contribution >= 4 is 24.0 Å². The fraction of sp³-hybridized carbons (Fsp3) is 0.333. The summed E-state index contributed by atoms with van der Waals surface area (Å²) in [5, 5.41) is 26.8. The Morgan fingerprint density at radius 1 is 0.583 bits per heavy atom. The molecule has 8 atom stereocenters. The van der Waals surface area contributed by atoms with E-state index in [1.807, 2.05) is 50.3 Å². The molecule has 4 aliphatic rings. The average molecular weight is 979 g/mol. The molecular formula is C54H56F2N10O6. The van der Waals surface area contributed by atoms with E-state index in [4.69, 9.17) is 0 Å². The minimum Gasteiger partial charge on any atom is -0.396 e. The quantitative estimate of drug-likeness (QED) is 0.119. The molecule has 16 nitrogen and oxygen atoms in total. The third-order valence-corrected chi connectivity index (χ3v) is 14.4. The Morgan fingerprint density at radius 2 is 0.958 bits per heavy atom. The van der Waals surface area contributed by atoms with E-state index in [2.05, 4.69) is 40.4 Å². The number of amides is 2. The minimum absolute atomic E-state index is 0.0722. The topological polar surface area (TPSA) is 201 Å². The lowest BCUT2D eigenvalue weighted by molar-refractivity contribution is -0.128. The van der Waals surface area contributed by atoms with Crippen molar-refractivity contribution in [2.24, 2.45) is 23.7 Å². The minimum atomic E-state index is -0.621. The number of likely N-dealkylation sites (tertiary alicyclic amines) is 2. The highest BCUT2D eigenvalue weighted by Crippen LogP contribution is 2.51. The van der Waals surface area contributed by atoms with Gasteiger partial charge in [-0.1, -0.05) is 48.6 Å². The highest BCUT2D eigenvalue weighted by Gasteiger charge is 2.57. The molecule has 4 aromatic heterocycles. The Balaban J connectivity index is 0.000000178. The predicted molar refractivity (Wildman–Crippen MR) is 264 cm³/mol. The fourth-order valence-electron chi connectivity index (χ4n) is 11.3. The number of pyridine rings is 2. The van der Waals surface area contributed by atoms with E-state index >= 15 is 0 Å². The van der Waals surface area contributed by atoms with Crippen LogP contribution in [0.25, 0.3) is 12.2 Å². The lowest BCUT2D eigenvalue weighted by Crippen LogP contribution is -2.48. The van der Waals surface area contributed by atoms with Crippen LogP contribution >= 0.6 is 0 Å². The molecule has 0 unspecified atom stereocenters. The van der Waals surface area contributed by atoms with Crippen molar-refractivity contribution in [3.8, 4) is 0 Å². The summed E-state index contributed by atoms with van der Waals surface area (Å²) >= 11 is 0. The number of hydrogen-bond acceptors (Lipinski definition) is 12. The van der Waals surface area contributed by atoms with Crippen molar-refractivity contribution in [2.75, 3.05) is 13.2 Å². The van der Waals surface area contributed by atoms with Gasteiger partial charge in [-0.15, -0.1) is 0 Å². The lowest BCUT2D eigenvalue weighted by Gasteiger charge is -2.30. The maximum absolute atomic E-state index is 13.6. The SMILES string of the molecule is C/C=C/c1ccc2n(c1=O)C[C@@H]1[C@@H](CO)[C@H](C(=O)NCc3ccc(F)cc3)N(Cc3cncnc3)[C@H]21.C/C=C\c1ccc2n(c1=O)C[C@@H]1[C@@H](CO)[C@H](C(=O)NCc3ccc(F)cc3)N(Cc3cncnc3)[C@H]21. The summed E-state index contributed by atoms with van der Waals surface area (Å²) < 4.78 is 30.1. The fourth-order valence-corrected chi connectivity index (χ4v) is 11.3. The number of allylic oxidation sites excluding steroid dienone is 2. The van der Waals surface area contributed by atoms with E-state index in [1.54, 1.807) is 70.3 Å². The normalized spacial score (nSPS) is 23.1. The maximum Gasteiger partial charge on any atom is 0.258 e. The molecule has 0 aliphatic carbocycles. The first-order chi connectivity index (χ1) is 35.0. The van der Waals surface area contributed by atoms with Gasteiger partial charge in [0.15, 0.2) is 0 Å². The molecule has 72 heavy (non-hydrogen) atoms. The van der Waals surface area contributed by atoms with Crippen molar-refractivity contribution in [1.82, 2.24) is 49.5 Å². The number of carbonyl (C=O) groups is 2. The highest BCUT2D eigenvalue weighted by atomic mass is 19.1. The molecule has 2 amide bonds. The third kappa shape index (κ3) is 9.95. The second kappa shape index (κ2) is 21.9. The third-order valence-electron chi connectivity index (χ3n) is 14.4. The number of benzene rings is 2. The molecule has 0 radical (unpaired) electrons. The van der Waals surface area contributed by atoms with Crippen molar-refractivity contribution in [1.29, 1.82) is 0 Å². The van der Waals surface area contributed by atoms with Crippen molar-refractivity contribution < 1.29 is 28.6 Å². The lowest BCUT2D eigenvalue weighted by atomic mass is 9.88. The second-order valence-corrected chi connectivity index (χ2v) is 18.6. The zero-order valence-corrected chi connectivity index (χ0v) is 39.8. The van der Waals surface area contributed by atoms with E-state index in [0.717, 1.165) is 33.6 Å². The van der Waals surface area contributed by atoms with Gasteiger partial charge in [-0.3, -0.25) is 29.0 Å². The molecule has 8 heterocycles. The Hall–Kier alpha value is -7.38. The standard InChI is InChI=1S/2C27H28FN5O3/c2*1-2-3-19-6-9-23-24-21(14-32(23)27(19)36)22(15-34)25(33(24)13-18-10-29-16-30-11-18)26(35)31-12-17-4-7-20(28)8-5-17/h2*2-11,16,21-22,24-25,34H,12-15H2,1H3,(H,31,35)/b3-2+;3-2-/t2*21-,22-,24+,25-/m11/s1. The molecule has 0 bridgehead atoms. The summed E-state index contributed by atoms with van der Waals surface area (Å²) in [4.78, 5) is 74.0. The van der Waals surface area contributed by atoms with E-state index in [9.17, 15) is 38.2 Å². The maximum atomic E-state index is 13.6. The van der Waals surface area contributed by atoms with Gasteiger partial charge in [0.1, 0.15) is 24.3 Å². The number of rotatable bonds is 14.